The summed E-state index contributed by atoms with van der Waals surface area (Å²) in [6.07, 6.45) is 9.13. The van der Waals surface area contributed by atoms with Crippen molar-refractivity contribution >= 4 is 17.6 Å². The monoisotopic (exact) mass is 521 g/mol. The highest BCUT2D eigenvalue weighted by Crippen LogP contribution is 2.43. The van der Waals surface area contributed by atoms with Gasteiger partial charge in [-0.15, -0.1) is 5.10 Å². The Hall–Kier alpha value is -2.86. The van der Waals surface area contributed by atoms with Crippen molar-refractivity contribution in [1.29, 1.82) is 0 Å². The molecule has 1 aromatic heterocycles. The fraction of sp³-hybridized carbons (Fsp3) is 0.500. The Morgan fingerprint density at radius 3 is 2.43 bits per heavy atom. The molecule has 0 spiro atoms. The van der Waals surface area contributed by atoms with Crippen LogP contribution < -0.4 is 4.74 Å². The van der Waals surface area contributed by atoms with Gasteiger partial charge in [0.05, 0.1) is 26.0 Å². The van der Waals surface area contributed by atoms with E-state index in [9.17, 15) is 4.79 Å². The van der Waals surface area contributed by atoms with E-state index in [0.717, 1.165) is 54.1 Å². The van der Waals surface area contributed by atoms with Crippen molar-refractivity contribution in [2.75, 3.05) is 13.7 Å². The Bertz CT molecular complexity index is 1210. The number of halogens is 1. The van der Waals surface area contributed by atoms with Crippen LogP contribution in [0.2, 0.25) is 5.02 Å². The Kier molecular flexibility index (Phi) is 8.14. The van der Waals surface area contributed by atoms with E-state index < -0.39 is 5.97 Å². The van der Waals surface area contributed by atoms with E-state index in [4.69, 9.17) is 21.1 Å². The summed E-state index contributed by atoms with van der Waals surface area (Å²) < 4.78 is 12.4. The lowest BCUT2D eigenvalue weighted by Crippen LogP contribution is -2.20. The van der Waals surface area contributed by atoms with Gasteiger partial charge in [-0.25, -0.2) is 9.48 Å². The first-order chi connectivity index (χ1) is 18.1. The highest BCUT2D eigenvalue weighted by Gasteiger charge is 2.29. The fourth-order valence-corrected chi connectivity index (χ4v) is 6.02. The molecular weight excluding hydrogens is 486 g/mol. The minimum Gasteiger partial charge on any atom is -0.497 e. The van der Waals surface area contributed by atoms with Gasteiger partial charge in [0.25, 0.3) is 0 Å². The molecule has 0 unspecified atom stereocenters. The van der Waals surface area contributed by atoms with Gasteiger partial charge in [-0.2, -0.15) is 0 Å². The SMILES string of the molecule is CCOC(=O)c1nnn(Cc2ccc(OC)cc2)c1CC1CCC(c2ccc(Cl)c(C3CCC3)c2)CC1. The fourth-order valence-electron chi connectivity index (χ4n) is 5.75. The van der Waals surface area contributed by atoms with Crippen molar-refractivity contribution in [2.45, 2.75) is 76.7 Å². The molecule has 6 nitrogen and oxygen atoms in total. The lowest BCUT2D eigenvalue weighted by Gasteiger charge is -2.31. The molecule has 0 saturated heterocycles. The van der Waals surface area contributed by atoms with Gasteiger partial charge < -0.3 is 9.47 Å². The van der Waals surface area contributed by atoms with Crippen LogP contribution >= 0.6 is 11.6 Å². The van der Waals surface area contributed by atoms with Gasteiger partial charge in [-0.05, 0) is 105 Å². The van der Waals surface area contributed by atoms with Crippen molar-refractivity contribution in [2.24, 2.45) is 5.92 Å². The summed E-state index contributed by atoms with van der Waals surface area (Å²) in [5.74, 6) is 2.11. The number of nitrogens with zero attached hydrogens (tertiary/aromatic N) is 3. The highest BCUT2D eigenvalue weighted by molar-refractivity contribution is 6.31. The summed E-state index contributed by atoms with van der Waals surface area (Å²) in [6.45, 7) is 2.68. The van der Waals surface area contributed by atoms with Crippen molar-refractivity contribution in [1.82, 2.24) is 15.0 Å². The van der Waals surface area contributed by atoms with Gasteiger partial charge in [0, 0.05) is 5.02 Å². The van der Waals surface area contributed by atoms with E-state index in [1.54, 1.807) is 7.11 Å². The summed E-state index contributed by atoms with van der Waals surface area (Å²) in [6, 6.07) is 14.6. The van der Waals surface area contributed by atoms with E-state index in [1.165, 1.54) is 30.4 Å². The zero-order valence-corrected chi connectivity index (χ0v) is 22.5. The maximum absolute atomic E-state index is 12.7. The van der Waals surface area contributed by atoms with Crippen LogP contribution in [0.15, 0.2) is 42.5 Å². The minimum atomic E-state index is -0.392. The predicted molar refractivity (Wildman–Crippen MR) is 145 cm³/mol. The molecule has 1 heterocycles. The van der Waals surface area contributed by atoms with Crippen molar-refractivity contribution < 1.29 is 14.3 Å². The maximum Gasteiger partial charge on any atom is 0.360 e. The summed E-state index contributed by atoms with van der Waals surface area (Å²) in [5, 5.41) is 9.52. The lowest BCUT2D eigenvalue weighted by molar-refractivity contribution is 0.0517. The average molecular weight is 522 g/mol. The van der Waals surface area contributed by atoms with E-state index >= 15 is 0 Å². The lowest BCUT2D eigenvalue weighted by atomic mass is 9.75. The zero-order valence-electron chi connectivity index (χ0n) is 21.8. The van der Waals surface area contributed by atoms with E-state index in [0.29, 0.717) is 36.6 Å². The van der Waals surface area contributed by atoms with Crippen LogP contribution in [0.1, 0.15) is 96.6 Å². The van der Waals surface area contributed by atoms with Crippen LogP contribution in [0.4, 0.5) is 0 Å². The van der Waals surface area contributed by atoms with Gasteiger partial charge in [0.2, 0.25) is 0 Å². The van der Waals surface area contributed by atoms with Gasteiger partial charge in [-0.1, -0.05) is 47.5 Å². The molecule has 2 fully saturated rings. The Balaban J connectivity index is 1.28. The number of carbonyl (C=O) groups is 1. The third-order valence-electron chi connectivity index (χ3n) is 8.16. The normalized spacial score (nSPS) is 19.9. The van der Waals surface area contributed by atoms with E-state index in [2.05, 4.69) is 28.5 Å². The predicted octanol–water partition coefficient (Wildman–Crippen LogP) is 6.95. The number of hydrogen-bond donors (Lipinski definition) is 0. The van der Waals surface area contributed by atoms with E-state index in [1.807, 2.05) is 35.9 Å². The average Bonchev–Trinajstić information content (AvgIpc) is 3.27. The number of aromatic nitrogens is 3. The van der Waals surface area contributed by atoms with Gasteiger partial charge in [-0.3, -0.25) is 0 Å². The molecule has 5 rings (SSSR count). The highest BCUT2D eigenvalue weighted by atomic mass is 35.5. The summed E-state index contributed by atoms with van der Waals surface area (Å²) in [7, 11) is 1.66. The van der Waals surface area contributed by atoms with Crippen molar-refractivity contribution in [3.63, 3.8) is 0 Å². The number of rotatable bonds is 9. The summed E-state index contributed by atoms with van der Waals surface area (Å²) >= 11 is 6.54. The molecular formula is C30H36ClN3O3. The maximum atomic E-state index is 12.7. The minimum absolute atomic E-state index is 0.318. The number of benzene rings is 2. The topological polar surface area (TPSA) is 66.2 Å². The van der Waals surface area contributed by atoms with Crippen LogP contribution in [-0.4, -0.2) is 34.7 Å². The Morgan fingerprint density at radius 2 is 1.78 bits per heavy atom. The van der Waals surface area contributed by atoms with Gasteiger partial charge in [0.15, 0.2) is 5.69 Å². The van der Waals surface area contributed by atoms with Crippen LogP contribution in [0.3, 0.4) is 0 Å². The third-order valence-corrected chi connectivity index (χ3v) is 8.51. The number of carbonyl (C=O) groups excluding carboxylic acids is 1. The van der Waals surface area contributed by atoms with Crippen molar-refractivity contribution in [3.8, 4) is 5.75 Å². The van der Waals surface area contributed by atoms with Crippen LogP contribution in [0.5, 0.6) is 5.75 Å². The first-order valence-corrected chi connectivity index (χ1v) is 13.9. The molecule has 0 radical (unpaired) electrons. The molecule has 2 aliphatic rings. The molecule has 196 valence electrons. The Morgan fingerprint density at radius 1 is 1.03 bits per heavy atom. The molecule has 3 aromatic rings. The third kappa shape index (κ3) is 5.85. The zero-order chi connectivity index (χ0) is 25.8. The molecule has 0 N–H and O–H groups in total. The molecule has 0 amide bonds. The molecule has 0 bridgehead atoms. The molecule has 37 heavy (non-hydrogen) atoms. The van der Waals surface area contributed by atoms with Gasteiger partial charge >= 0.3 is 5.97 Å². The molecule has 0 aliphatic heterocycles. The molecule has 2 aromatic carbocycles. The van der Waals surface area contributed by atoms with Crippen molar-refractivity contribution in [3.05, 3.63) is 75.6 Å². The second-order valence-electron chi connectivity index (χ2n) is 10.4. The quantitative estimate of drug-likeness (QED) is 0.285. The second-order valence-corrected chi connectivity index (χ2v) is 10.8. The standard InChI is InChI=1S/C30H36ClN3O3/c1-3-37-30(35)29-28(34(33-32-29)19-21-9-14-25(36-2)15-10-21)17-20-7-11-22(12-8-20)24-13-16-27(31)26(18-24)23-5-4-6-23/h9-10,13-16,18,20,22-23H,3-8,11-12,17,19H2,1-2H3. The summed E-state index contributed by atoms with van der Waals surface area (Å²) in [5.41, 5.74) is 5.08. The van der Waals surface area contributed by atoms with Gasteiger partial charge in [0.1, 0.15) is 5.75 Å². The number of ether oxygens (including phenoxy) is 2. The molecule has 2 aliphatic carbocycles. The Labute approximate surface area is 224 Å². The first-order valence-electron chi connectivity index (χ1n) is 13.6. The molecule has 2 saturated carbocycles. The van der Waals surface area contributed by atoms with E-state index in [-0.39, 0.29) is 0 Å². The number of esters is 1. The van der Waals surface area contributed by atoms with Crippen LogP contribution in [0, 0.1) is 5.92 Å². The smallest absolute Gasteiger partial charge is 0.360 e. The van der Waals surface area contributed by atoms with Crippen LogP contribution in [0.25, 0.3) is 0 Å². The first kappa shape index (κ1) is 25.8. The van der Waals surface area contributed by atoms with Crippen LogP contribution in [-0.2, 0) is 17.7 Å². The number of hydrogen-bond acceptors (Lipinski definition) is 5. The number of methoxy groups -OCH3 is 1. The molecule has 0 atom stereocenters. The molecule has 7 heteroatoms. The largest absolute Gasteiger partial charge is 0.497 e. The summed E-state index contributed by atoms with van der Waals surface area (Å²) in [4.78, 5) is 12.7. The second kappa shape index (κ2) is 11.7.